The highest BCUT2D eigenvalue weighted by atomic mass is 35.5. The van der Waals surface area contributed by atoms with Crippen LogP contribution in [0, 0.1) is 11.7 Å². The van der Waals surface area contributed by atoms with Crippen molar-refractivity contribution in [2.75, 3.05) is 17.7 Å². The van der Waals surface area contributed by atoms with Crippen LogP contribution in [0.3, 0.4) is 0 Å². The number of fused-ring (bicyclic) bond motifs is 1. The van der Waals surface area contributed by atoms with Crippen molar-refractivity contribution in [1.29, 1.82) is 0 Å². The molecule has 0 radical (unpaired) electrons. The maximum absolute atomic E-state index is 14.0. The first-order valence-corrected chi connectivity index (χ1v) is 11.7. The van der Waals surface area contributed by atoms with E-state index in [1.165, 1.54) is 29.4 Å². The van der Waals surface area contributed by atoms with Crippen molar-refractivity contribution in [2.45, 2.75) is 32.7 Å². The largest absolute Gasteiger partial charge is 0.465 e. The molecule has 0 spiro atoms. The van der Waals surface area contributed by atoms with E-state index in [0.29, 0.717) is 38.0 Å². The first-order valence-electron chi connectivity index (χ1n) is 10.1. The number of carbonyl (C=O) groups excluding carboxylic acids is 1. The van der Waals surface area contributed by atoms with Gasteiger partial charge in [-0.05, 0) is 55.1 Å². The Hall–Kier alpha value is -2.49. The Kier molecular flexibility index (Phi) is 6.78. The van der Waals surface area contributed by atoms with Crippen molar-refractivity contribution in [3.05, 3.63) is 62.9 Å². The van der Waals surface area contributed by atoms with Crippen LogP contribution in [0.25, 0.3) is 0 Å². The molecular formula is C22H22ClFN4O2S2. The molecule has 0 saturated heterocycles. The van der Waals surface area contributed by atoms with Crippen LogP contribution in [0.4, 0.5) is 15.2 Å². The van der Waals surface area contributed by atoms with Crippen LogP contribution in [-0.4, -0.2) is 28.0 Å². The number of methoxy groups -OCH3 is 1. The predicted molar refractivity (Wildman–Crippen MR) is 129 cm³/mol. The predicted octanol–water partition coefficient (Wildman–Crippen LogP) is 5.51. The summed E-state index contributed by atoms with van der Waals surface area (Å²) in [5.41, 5.74) is 1.98. The van der Waals surface area contributed by atoms with E-state index in [1.54, 1.807) is 29.1 Å². The van der Waals surface area contributed by atoms with Crippen molar-refractivity contribution in [3.8, 4) is 0 Å². The molecule has 1 aliphatic carbocycles. The summed E-state index contributed by atoms with van der Waals surface area (Å²) >= 11 is 13.1. The summed E-state index contributed by atoms with van der Waals surface area (Å²) in [5.74, 6) is 0.320. The minimum Gasteiger partial charge on any atom is -0.465 e. The van der Waals surface area contributed by atoms with Gasteiger partial charge in [-0.3, -0.25) is 4.68 Å². The van der Waals surface area contributed by atoms with Gasteiger partial charge in [-0.15, -0.1) is 11.3 Å². The van der Waals surface area contributed by atoms with Gasteiger partial charge >= 0.3 is 5.97 Å². The van der Waals surface area contributed by atoms with Crippen molar-refractivity contribution in [2.24, 2.45) is 5.92 Å². The van der Waals surface area contributed by atoms with Gasteiger partial charge in [-0.2, -0.15) is 5.10 Å². The van der Waals surface area contributed by atoms with Crippen LogP contribution in [0.5, 0.6) is 0 Å². The summed E-state index contributed by atoms with van der Waals surface area (Å²) < 4.78 is 20.6. The van der Waals surface area contributed by atoms with E-state index in [1.807, 2.05) is 0 Å². The number of thiophene rings is 1. The molecule has 168 valence electrons. The molecule has 0 bridgehead atoms. The molecule has 6 nitrogen and oxygen atoms in total. The average molecular weight is 493 g/mol. The SMILES string of the molecule is COC(=O)c1c(NC(=S)Nc2ccn(Cc3c(F)cccc3Cl)n2)sc2c1CC[C@H](C)C2. The lowest BCUT2D eigenvalue weighted by Crippen LogP contribution is -2.21. The number of esters is 1. The minimum absolute atomic E-state index is 0.190. The van der Waals surface area contributed by atoms with Crippen molar-refractivity contribution in [3.63, 3.8) is 0 Å². The van der Waals surface area contributed by atoms with Crippen LogP contribution in [0.2, 0.25) is 5.02 Å². The van der Waals surface area contributed by atoms with Gasteiger partial charge in [0.1, 0.15) is 10.8 Å². The second-order valence-corrected chi connectivity index (χ2v) is 9.65. The standard InChI is InChI=1S/C22H22ClFN4O2S2/c1-12-6-7-13-17(10-12)32-20(19(13)21(29)30-2)26-22(31)25-18-8-9-28(27-18)11-14-15(23)4-3-5-16(14)24/h3-5,8-9,12H,6-7,10-11H2,1-2H3,(H2,25,26,27,31)/t12-/m0/s1. The highest BCUT2D eigenvalue weighted by Crippen LogP contribution is 2.40. The van der Waals surface area contributed by atoms with E-state index >= 15 is 0 Å². The number of ether oxygens (including phenoxy) is 1. The number of halogens is 2. The maximum atomic E-state index is 14.0. The Morgan fingerprint density at radius 1 is 1.41 bits per heavy atom. The summed E-state index contributed by atoms with van der Waals surface area (Å²) in [6, 6.07) is 6.29. The lowest BCUT2D eigenvalue weighted by atomic mass is 9.88. The molecule has 1 aliphatic rings. The number of anilines is 2. The highest BCUT2D eigenvalue weighted by Gasteiger charge is 2.28. The Bertz CT molecular complexity index is 1160. The molecule has 1 aromatic carbocycles. The third kappa shape index (κ3) is 4.79. The topological polar surface area (TPSA) is 68.2 Å². The lowest BCUT2D eigenvalue weighted by Gasteiger charge is -2.18. The molecule has 2 N–H and O–H groups in total. The fourth-order valence-corrected chi connectivity index (χ4v) is 5.67. The zero-order valence-electron chi connectivity index (χ0n) is 17.6. The van der Waals surface area contributed by atoms with Crippen molar-refractivity contribution >= 4 is 57.1 Å². The molecule has 0 saturated carbocycles. The van der Waals surface area contributed by atoms with Gasteiger partial charge in [0.2, 0.25) is 0 Å². The first-order chi connectivity index (χ1) is 15.4. The van der Waals surface area contributed by atoms with Gasteiger partial charge < -0.3 is 15.4 Å². The molecule has 0 amide bonds. The molecule has 1 atom stereocenters. The van der Waals surface area contributed by atoms with Crippen molar-refractivity contribution in [1.82, 2.24) is 9.78 Å². The first kappa shape index (κ1) is 22.7. The number of thiocarbonyl (C=S) groups is 1. The van der Waals surface area contributed by atoms with Gasteiger partial charge in [-0.1, -0.05) is 24.6 Å². The third-order valence-corrected chi connectivity index (χ3v) is 7.12. The molecule has 2 heterocycles. The minimum atomic E-state index is -0.383. The number of nitrogens with zero attached hydrogens (tertiary/aromatic N) is 2. The number of hydrogen-bond donors (Lipinski definition) is 2. The third-order valence-electron chi connectivity index (χ3n) is 5.39. The molecule has 3 aromatic rings. The fourth-order valence-electron chi connectivity index (χ4n) is 3.77. The van der Waals surface area contributed by atoms with Gasteiger partial charge in [0.05, 0.1) is 19.2 Å². The van der Waals surface area contributed by atoms with Crippen LogP contribution < -0.4 is 10.6 Å². The number of hydrogen-bond acceptors (Lipinski definition) is 5. The number of rotatable bonds is 5. The van der Waals surface area contributed by atoms with E-state index in [2.05, 4.69) is 22.7 Å². The number of aromatic nitrogens is 2. The normalized spacial score (nSPS) is 15.2. The quantitative estimate of drug-likeness (QED) is 0.362. The zero-order chi connectivity index (χ0) is 22.8. The molecule has 0 aliphatic heterocycles. The van der Waals surface area contributed by atoms with Gasteiger partial charge in [0.25, 0.3) is 0 Å². The number of benzene rings is 1. The molecule has 0 fully saturated rings. The molecular weight excluding hydrogens is 471 g/mol. The van der Waals surface area contributed by atoms with Crippen LogP contribution in [-0.2, 0) is 24.1 Å². The van der Waals surface area contributed by atoms with Crippen LogP contribution in [0.15, 0.2) is 30.5 Å². The maximum Gasteiger partial charge on any atom is 0.341 e. The number of carbonyl (C=O) groups is 1. The molecule has 0 unspecified atom stereocenters. The summed E-state index contributed by atoms with van der Waals surface area (Å²) in [7, 11) is 1.38. The Morgan fingerprint density at radius 2 is 2.22 bits per heavy atom. The van der Waals surface area contributed by atoms with Gasteiger partial charge in [-0.25, -0.2) is 9.18 Å². The summed E-state index contributed by atoms with van der Waals surface area (Å²) in [4.78, 5) is 13.6. The average Bonchev–Trinajstić information content (AvgIpc) is 3.33. The summed E-state index contributed by atoms with van der Waals surface area (Å²) in [5, 5.41) is 11.8. The summed E-state index contributed by atoms with van der Waals surface area (Å²) in [6.45, 7) is 2.40. The highest BCUT2D eigenvalue weighted by molar-refractivity contribution is 7.80. The molecule has 4 rings (SSSR count). The van der Waals surface area contributed by atoms with Gasteiger partial charge in [0, 0.05) is 27.7 Å². The molecule has 32 heavy (non-hydrogen) atoms. The Morgan fingerprint density at radius 3 is 2.97 bits per heavy atom. The number of nitrogens with one attached hydrogen (secondary N) is 2. The van der Waals surface area contributed by atoms with E-state index in [0.717, 1.165) is 24.8 Å². The fraction of sp³-hybridized carbons (Fsp3) is 0.318. The summed E-state index contributed by atoms with van der Waals surface area (Å²) in [6.07, 6.45) is 4.54. The van der Waals surface area contributed by atoms with E-state index in [9.17, 15) is 9.18 Å². The molecule has 10 heteroatoms. The van der Waals surface area contributed by atoms with Crippen LogP contribution in [0.1, 0.15) is 39.7 Å². The second kappa shape index (κ2) is 9.56. The van der Waals surface area contributed by atoms with E-state index in [-0.39, 0.29) is 18.3 Å². The zero-order valence-corrected chi connectivity index (χ0v) is 20.0. The van der Waals surface area contributed by atoms with E-state index in [4.69, 9.17) is 28.6 Å². The lowest BCUT2D eigenvalue weighted by molar-refractivity contribution is 0.0601. The Balaban J connectivity index is 1.47. The van der Waals surface area contributed by atoms with Crippen molar-refractivity contribution < 1.29 is 13.9 Å². The monoisotopic (exact) mass is 492 g/mol. The second-order valence-electron chi connectivity index (χ2n) is 7.73. The van der Waals surface area contributed by atoms with Crippen LogP contribution >= 0.6 is 35.2 Å². The van der Waals surface area contributed by atoms with Gasteiger partial charge in [0.15, 0.2) is 10.9 Å². The Labute approximate surface area is 199 Å². The van der Waals surface area contributed by atoms with E-state index < -0.39 is 0 Å². The molecule has 2 aromatic heterocycles. The smallest absolute Gasteiger partial charge is 0.341 e.